The molecule has 18 heavy (non-hydrogen) atoms. The molecule has 0 saturated carbocycles. The van der Waals surface area contributed by atoms with Gasteiger partial charge in [0.15, 0.2) is 0 Å². The highest BCUT2D eigenvalue weighted by molar-refractivity contribution is 9.10. The molecule has 1 N–H and O–H groups in total. The van der Waals surface area contributed by atoms with Gasteiger partial charge >= 0.3 is 0 Å². The fourth-order valence-corrected chi connectivity index (χ4v) is 2.73. The van der Waals surface area contributed by atoms with Crippen LogP contribution in [-0.2, 0) is 10.2 Å². The van der Waals surface area contributed by atoms with Gasteiger partial charge < -0.3 is 10.1 Å². The second kappa shape index (κ2) is 7.93. The summed E-state index contributed by atoms with van der Waals surface area (Å²) in [6, 6.07) is 8.67. The normalized spacial score (nSPS) is 11.8. The summed E-state index contributed by atoms with van der Waals surface area (Å²) in [6.45, 7) is 7.21. The van der Waals surface area contributed by atoms with E-state index in [0.717, 1.165) is 37.0 Å². The number of hydrogen-bond donors (Lipinski definition) is 1. The van der Waals surface area contributed by atoms with E-state index in [2.05, 4.69) is 59.4 Å². The highest BCUT2D eigenvalue weighted by Crippen LogP contribution is 2.32. The van der Waals surface area contributed by atoms with E-state index in [1.165, 1.54) is 5.56 Å². The van der Waals surface area contributed by atoms with Gasteiger partial charge in [0.1, 0.15) is 0 Å². The van der Waals surface area contributed by atoms with Gasteiger partial charge in [-0.1, -0.05) is 41.9 Å². The molecule has 0 fully saturated rings. The van der Waals surface area contributed by atoms with Gasteiger partial charge in [-0.25, -0.2) is 0 Å². The van der Waals surface area contributed by atoms with E-state index in [1.807, 2.05) is 0 Å². The average Bonchev–Trinajstić information content (AvgIpc) is 2.40. The van der Waals surface area contributed by atoms with Crippen LogP contribution in [-0.4, -0.2) is 26.8 Å². The highest BCUT2D eigenvalue weighted by atomic mass is 79.9. The minimum absolute atomic E-state index is 0.220. The summed E-state index contributed by atoms with van der Waals surface area (Å²) in [5, 5.41) is 3.51. The lowest BCUT2D eigenvalue weighted by Gasteiger charge is -2.33. The Morgan fingerprint density at radius 1 is 1.28 bits per heavy atom. The SMILES string of the molecule is CCC(CC)(CNCCOC)c1cccc(Br)c1. The summed E-state index contributed by atoms with van der Waals surface area (Å²) in [4.78, 5) is 0. The summed E-state index contributed by atoms with van der Waals surface area (Å²) in [5.74, 6) is 0. The minimum atomic E-state index is 0.220. The third kappa shape index (κ3) is 4.08. The summed E-state index contributed by atoms with van der Waals surface area (Å²) < 4.78 is 6.23. The zero-order valence-electron chi connectivity index (χ0n) is 11.6. The Kier molecular flexibility index (Phi) is 6.90. The average molecular weight is 314 g/mol. The van der Waals surface area contributed by atoms with E-state index in [0.29, 0.717) is 0 Å². The lowest BCUT2D eigenvalue weighted by atomic mass is 9.76. The van der Waals surface area contributed by atoms with Crippen molar-refractivity contribution in [3.05, 3.63) is 34.3 Å². The van der Waals surface area contributed by atoms with Crippen LogP contribution in [0.15, 0.2) is 28.7 Å². The summed E-state index contributed by atoms with van der Waals surface area (Å²) in [7, 11) is 1.74. The van der Waals surface area contributed by atoms with Crippen molar-refractivity contribution in [1.29, 1.82) is 0 Å². The van der Waals surface area contributed by atoms with Gasteiger partial charge in [0.05, 0.1) is 6.61 Å². The molecule has 0 bridgehead atoms. The summed E-state index contributed by atoms with van der Waals surface area (Å²) >= 11 is 3.57. The van der Waals surface area contributed by atoms with Crippen LogP contribution in [0.5, 0.6) is 0 Å². The van der Waals surface area contributed by atoms with Crippen LogP contribution in [0.3, 0.4) is 0 Å². The predicted octanol–water partition coefficient (Wildman–Crippen LogP) is 3.74. The monoisotopic (exact) mass is 313 g/mol. The van der Waals surface area contributed by atoms with Gasteiger partial charge in [-0.15, -0.1) is 0 Å². The zero-order valence-corrected chi connectivity index (χ0v) is 13.2. The Morgan fingerprint density at radius 3 is 2.56 bits per heavy atom. The van der Waals surface area contributed by atoms with Crippen LogP contribution in [0.1, 0.15) is 32.3 Å². The Morgan fingerprint density at radius 2 is 2.00 bits per heavy atom. The molecule has 1 rings (SSSR count). The maximum absolute atomic E-state index is 5.08. The first-order chi connectivity index (χ1) is 8.68. The molecule has 1 aromatic rings. The third-order valence-electron chi connectivity index (χ3n) is 3.74. The largest absolute Gasteiger partial charge is 0.383 e. The molecular weight excluding hydrogens is 290 g/mol. The van der Waals surface area contributed by atoms with E-state index in [1.54, 1.807) is 7.11 Å². The van der Waals surface area contributed by atoms with E-state index < -0.39 is 0 Å². The van der Waals surface area contributed by atoms with Crippen molar-refractivity contribution in [1.82, 2.24) is 5.32 Å². The molecule has 1 aromatic carbocycles. The van der Waals surface area contributed by atoms with Gasteiger partial charge in [-0.2, -0.15) is 0 Å². The van der Waals surface area contributed by atoms with Crippen molar-refractivity contribution in [3.63, 3.8) is 0 Å². The van der Waals surface area contributed by atoms with Crippen LogP contribution in [0.4, 0.5) is 0 Å². The van der Waals surface area contributed by atoms with Crippen LogP contribution >= 0.6 is 15.9 Å². The number of benzene rings is 1. The fraction of sp³-hybridized carbons (Fsp3) is 0.600. The molecule has 0 atom stereocenters. The molecule has 0 radical (unpaired) electrons. The van der Waals surface area contributed by atoms with Crippen LogP contribution < -0.4 is 5.32 Å². The molecule has 0 aliphatic heterocycles. The van der Waals surface area contributed by atoms with Crippen molar-refractivity contribution >= 4 is 15.9 Å². The van der Waals surface area contributed by atoms with Gasteiger partial charge in [0.25, 0.3) is 0 Å². The van der Waals surface area contributed by atoms with E-state index in [4.69, 9.17) is 4.74 Å². The predicted molar refractivity (Wildman–Crippen MR) is 81.1 cm³/mol. The van der Waals surface area contributed by atoms with Crippen molar-refractivity contribution in [3.8, 4) is 0 Å². The highest BCUT2D eigenvalue weighted by Gasteiger charge is 2.27. The second-order valence-electron chi connectivity index (χ2n) is 4.67. The topological polar surface area (TPSA) is 21.3 Å². The van der Waals surface area contributed by atoms with Crippen molar-refractivity contribution in [2.45, 2.75) is 32.1 Å². The van der Waals surface area contributed by atoms with E-state index >= 15 is 0 Å². The van der Waals surface area contributed by atoms with Crippen LogP contribution in [0.25, 0.3) is 0 Å². The van der Waals surface area contributed by atoms with Gasteiger partial charge in [0, 0.05) is 30.1 Å². The molecule has 0 saturated heterocycles. The summed E-state index contributed by atoms with van der Waals surface area (Å²) in [5.41, 5.74) is 1.63. The Bertz CT molecular complexity index is 350. The zero-order chi connectivity index (χ0) is 13.4. The number of ether oxygens (including phenoxy) is 1. The molecule has 0 unspecified atom stereocenters. The first-order valence-electron chi connectivity index (χ1n) is 6.64. The van der Waals surface area contributed by atoms with Gasteiger partial charge in [0.2, 0.25) is 0 Å². The molecule has 0 heterocycles. The number of halogens is 1. The molecule has 0 aromatic heterocycles. The minimum Gasteiger partial charge on any atom is -0.383 e. The molecule has 0 aliphatic carbocycles. The van der Waals surface area contributed by atoms with Gasteiger partial charge in [-0.05, 0) is 30.5 Å². The van der Waals surface area contributed by atoms with Gasteiger partial charge in [-0.3, -0.25) is 0 Å². The Labute approximate surface area is 119 Å². The quantitative estimate of drug-likeness (QED) is 0.738. The standard InChI is InChI=1S/C15H24BrNO/c1-4-15(5-2,12-17-9-10-18-3)13-7-6-8-14(16)11-13/h6-8,11,17H,4-5,9-10,12H2,1-3H3. The Balaban J connectivity index is 2.79. The first-order valence-corrected chi connectivity index (χ1v) is 7.43. The first kappa shape index (κ1) is 15.7. The van der Waals surface area contributed by atoms with E-state index in [9.17, 15) is 0 Å². The molecular formula is C15H24BrNO. The van der Waals surface area contributed by atoms with Crippen LogP contribution in [0, 0.1) is 0 Å². The number of methoxy groups -OCH3 is 1. The molecule has 0 aliphatic rings. The van der Waals surface area contributed by atoms with Crippen molar-refractivity contribution in [2.75, 3.05) is 26.8 Å². The van der Waals surface area contributed by atoms with Crippen molar-refractivity contribution < 1.29 is 4.74 Å². The fourth-order valence-electron chi connectivity index (χ4n) is 2.33. The third-order valence-corrected chi connectivity index (χ3v) is 4.23. The lowest BCUT2D eigenvalue weighted by molar-refractivity contribution is 0.195. The summed E-state index contributed by atoms with van der Waals surface area (Å²) in [6.07, 6.45) is 2.28. The van der Waals surface area contributed by atoms with E-state index in [-0.39, 0.29) is 5.41 Å². The molecule has 2 nitrogen and oxygen atoms in total. The maximum atomic E-state index is 5.08. The molecule has 3 heteroatoms. The smallest absolute Gasteiger partial charge is 0.0587 e. The van der Waals surface area contributed by atoms with Crippen LogP contribution in [0.2, 0.25) is 0 Å². The number of rotatable bonds is 8. The molecule has 0 amide bonds. The second-order valence-corrected chi connectivity index (χ2v) is 5.58. The van der Waals surface area contributed by atoms with Crippen molar-refractivity contribution in [2.24, 2.45) is 0 Å². The molecule has 0 spiro atoms. The molecule has 102 valence electrons. The lowest BCUT2D eigenvalue weighted by Crippen LogP contribution is -2.38. The number of hydrogen-bond acceptors (Lipinski definition) is 2. The number of nitrogens with one attached hydrogen (secondary N) is 1. The maximum Gasteiger partial charge on any atom is 0.0587 e. The Hall–Kier alpha value is -0.380.